The summed E-state index contributed by atoms with van der Waals surface area (Å²) in [5.41, 5.74) is 14.3. The van der Waals surface area contributed by atoms with E-state index in [2.05, 4.69) is 19.1 Å². The lowest BCUT2D eigenvalue weighted by Crippen LogP contribution is -2.25. The molecule has 1 aliphatic heterocycles. The van der Waals surface area contributed by atoms with Gasteiger partial charge in [0.1, 0.15) is 5.75 Å². The van der Waals surface area contributed by atoms with Gasteiger partial charge in [-0.1, -0.05) is 19.1 Å². The second-order valence-corrected chi connectivity index (χ2v) is 4.56. The van der Waals surface area contributed by atoms with Gasteiger partial charge in [0.2, 0.25) is 0 Å². The summed E-state index contributed by atoms with van der Waals surface area (Å²) in [5, 5.41) is 0. The van der Waals surface area contributed by atoms with Crippen molar-refractivity contribution in [1.82, 2.24) is 0 Å². The molecular formula is C13H20N2O. The molecule has 1 heterocycles. The minimum Gasteiger partial charge on any atom is -0.493 e. The summed E-state index contributed by atoms with van der Waals surface area (Å²) in [7, 11) is 0. The molecule has 0 bridgehead atoms. The van der Waals surface area contributed by atoms with E-state index in [1.807, 2.05) is 6.07 Å². The van der Waals surface area contributed by atoms with Crippen LogP contribution in [0, 0.1) is 5.92 Å². The Bertz CT molecular complexity index is 365. The maximum atomic E-state index is 6.16. The van der Waals surface area contributed by atoms with Gasteiger partial charge in [0, 0.05) is 6.04 Å². The van der Waals surface area contributed by atoms with Crippen molar-refractivity contribution in [2.45, 2.75) is 25.8 Å². The fourth-order valence-electron chi connectivity index (χ4n) is 2.06. The standard InChI is InChI=1S/C13H20N2O/c1-9(8-14)13(15)11-4-5-12-10(7-11)3-2-6-16-12/h4-5,7,9,13H,2-3,6,8,14-15H2,1H3. The van der Waals surface area contributed by atoms with Gasteiger partial charge in [-0.3, -0.25) is 0 Å². The fourth-order valence-corrected chi connectivity index (χ4v) is 2.06. The lowest BCUT2D eigenvalue weighted by molar-refractivity contribution is 0.288. The third-order valence-corrected chi connectivity index (χ3v) is 3.30. The SMILES string of the molecule is CC(CN)C(N)c1ccc2c(c1)CCCO2. The molecular weight excluding hydrogens is 200 g/mol. The molecule has 3 nitrogen and oxygen atoms in total. The Labute approximate surface area is 96.8 Å². The maximum Gasteiger partial charge on any atom is 0.122 e. The normalized spacial score (nSPS) is 18.4. The van der Waals surface area contributed by atoms with Crippen molar-refractivity contribution < 1.29 is 4.74 Å². The zero-order chi connectivity index (χ0) is 11.5. The molecule has 2 unspecified atom stereocenters. The largest absolute Gasteiger partial charge is 0.493 e. The number of ether oxygens (including phenoxy) is 1. The smallest absolute Gasteiger partial charge is 0.122 e. The number of hydrogen-bond donors (Lipinski definition) is 2. The highest BCUT2D eigenvalue weighted by atomic mass is 16.5. The van der Waals surface area contributed by atoms with E-state index >= 15 is 0 Å². The maximum absolute atomic E-state index is 6.16. The van der Waals surface area contributed by atoms with Gasteiger partial charge in [0.15, 0.2) is 0 Å². The summed E-state index contributed by atoms with van der Waals surface area (Å²) in [4.78, 5) is 0. The Hall–Kier alpha value is -1.06. The lowest BCUT2D eigenvalue weighted by atomic mass is 9.93. The molecule has 1 aromatic carbocycles. The van der Waals surface area contributed by atoms with E-state index in [0.717, 1.165) is 25.2 Å². The predicted octanol–water partition coefficient (Wildman–Crippen LogP) is 1.61. The van der Waals surface area contributed by atoms with Crippen LogP contribution in [0.15, 0.2) is 18.2 Å². The topological polar surface area (TPSA) is 61.3 Å². The number of nitrogens with two attached hydrogens (primary N) is 2. The van der Waals surface area contributed by atoms with Crippen LogP contribution in [0.4, 0.5) is 0 Å². The second kappa shape index (κ2) is 4.85. The summed E-state index contributed by atoms with van der Waals surface area (Å²) in [5.74, 6) is 1.32. The first-order chi connectivity index (χ1) is 7.72. The third kappa shape index (κ3) is 2.20. The molecule has 0 saturated carbocycles. The molecule has 0 aliphatic carbocycles. The molecule has 0 saturated heterocycles. The summed E-state index contributed by atoms with van der Waals surface area (Å²) >= 11 is 0. The van der Waals surface area contributed by atoms with Crippen molar-refractivity contribution in [2.75, 3.05) is 13.2 Å². The third-order valence-electron chi connectivity index (χ3n) is 3.30. The number of fused-ring (bicyclic) bond motifs is 1. The van der Waals surface area contributed by atoms with Crippen LogP contribution < -0.4 is 16.2 Å². The predicted molar refractivity (Wildman–Crippen MR) is 65.4 cm³/mol. The zero-order valence-electron chi connectivity index (χ0n) is 9.78. The Kier molecular flexibility index (Phi) is 3.46. The molecule has 3 heteroatoms. The van der Waals surface area contributed by atoms with E-state index in [4.69, 9.17) is 16.2 Å². The number of rotatable bonds is 3. The first kappa shape index (κ1) is 11.4. The molecule has 0 aromatic heterocycles. The van der Waals surface area contributed by atoms with Gasteiger partial charge in [-0.05, 0) is 42.5 Å². The molecule has 4 N–H and O–H groups in total. The van der Waals surface area contributed by atoms with Crippen molar-refractivity contribution in [3.63, 3.8) is 0 Å². The van der Waals surface area contributed by atoms with E-state index in [1.54, 1.807) is 0 Å². The molecule has 0 spiro atoms. The highest BCUT2D eigenvalue weighted by Crippen LogP contribution is 2.29. The fraction of sp³-hybridized carbons (Fsp3) is 0.538. The van der Waals surface area contributed by atoms with Crippen molar-refractivity contribution in [1.29, 1.82) is 0 Å². The molecule has 1 aliphatic rings. The summed E-state index contributed by atoms with van der Waals surface area (Å²) in [6, 6.07) is 6.29. The first-order valence-electron chi connectivity index (χ1n) is 5.93. The van der Waals surface area contributed by atoms with Crippen molar-refractivity contribution in [2.24, 2.45) is 17.4 Å². The first-order valence-corrected chi connectivity index (χ1v) is 5.93. The summed E-state index contributed by atoms with van der Waals surface area (Å²) in [6.07, 6.45) is 2.19. The van der Waals surface area contributed by atoms with Crippen molar-refractivity contribution in [3.8, 4) is 5.75 Å². The quantitative estimate of drug-likeness (QED) is 0.813. The zero-order valence-corrected chi connectivity index (χ0v) is 9.78. The van der Waals surface area contributed by atoms with Gasteiger partial charge in [0.05, 0.1) is 6.61 Å². The molecule has 0 radical (unpaired) electrons. The minimum absolute atomic E-state index is 0.0252. The van der Waals surface area contributed by atoms with Crippen LogP contribution in [-0.2, 0) is 6.42 Å². The van der Waals surface area contributed by atoms with Crippen LogP contribution in [0.5, 0.6) is 5.75 Å². The van der Waals surface area contributed by atoms with Crippen LogP contribution >= 0.6 is 0 Å². The Morgan fingerprint density at radius 3 is 3.00 bits per heavy atom. The highest BCUT2D eigenvalue weighted by molar-refractivity contribution is 5.39. The van der Waals surface area contributed by atoms with Crippen molar-refractivity contribution >= 4 is 0 Å². The molecule has 88 valence electrons. The number of aryl methyl sites for hydroxylation is 1. The molecule has 0 fully saturated rings. The lowest BCUT2D eigenvalue weighted by Gasteiger charge is -2.22. The van der Waals surface area contributed by atoms with Gasteiger partial charge in [-0.2, -0.15) is 0 Å². The summed E-state index contributed by atoms with van der Waals surface area (Å²) in [6.45, 7) is 3.53. The van der Waals surface area contributed by atoms with Gasteiger partial charge in [-0.25, -0.2) is 0 Å². The van der Waals surface area contributed by atoms with E-state index in [0.29, 0.717) is 12.5 Å². The number of hydrogen-bond acceptors (Lipinski definition) is 3. The molecule has 2 atom stereocenters. The van der Waals surface area contributed by atoms with E-state index in [1.165, 1.54) is 11.1 Å². The van der Waals surface area contributed by atoms with Gasteiger partial charge in [0.25, 0.3) is 0 Å². The van der Waals surface area contributed by atoms with E-state index in [-0.39, 0.29) is 6.04 Å². The minimum atomic E-state index is 0.0252. The van der Waals surface area contributed by atoms with Crippen LogP contribution in [0.3, 0.4) is 0 Å². The van der Waals surface area contributed by atoms with Gasteiger partial charge >= 0.3 is 0 Å². The van der Waals surface area contributed by atoms with Crippen LogP contribution in [0.2, 0.25) is 0 Å². The van der Waals surface area contributed by atoms with Crippen molar-refractivity contribution in [3.05, 3.63) is 29.3 Å². The van der Waals surface area contributed by atoms with Crippen LogP contribution in [-0.4, -0.2) is 13.2 Å². The van der Waals surface area contributed by atoms with Crippen LogP contribution in [0.25, 0.3) is 0 Å². The van der Waals surface area contributed by atoms with Crippen LogP contribution in [0.1, 0.15) is 30.5 Å². The summed E-state index contributed by atoms with van der Waals surface area (Å²) < 4.78 is 5.58. The molecule has 2 rings (SSSR count). The van der Waals surface area contributed by atoms with Gasteiger partial charge in [-0.15, -0.1) is 0 Å². The van der Waals surface area contributed by atoms with Gasteiger partial charge < -0.3 is 16.2 Å². The molecule has 0 amide bonds. The Morgan fingerprint density at radius 2 is 2.25 bits per heavy atom. The Morgan fingerprint density at radius 1 is 1.44 bits per heavy atom. The number of benzene rings is 1. The average Bonchev–Trinajstić information content (AvgIpc) is 2.36. The highest BCUT2D eigenvalue weighted by Gasteiger charge is 2.16. The average molecular weight is 220 g/mol. The molecule has 16 heavy (non-hydrogen) atoms. The Balaban J connectivity index is 2.22. The second-order valence-electron chi connectivity index (χ2n) is 4.56. The van der Waals surface area contributed by atoms with E-state index in [9.17, 15) is 0 Å². The van der Waals surface area contributed by atoms with E-state index < -0.39 is 0 Å². The molecule has 1 aromatic rings. The monoisotopic (exact) mass is 220 g/mol.